The Labute approximate surface area is 147 Å². The van der Waals surface area contributed by atoms with Crippen molar-refractivity contribution in [3.05, 3.63) is 76.3 Å². The number of aliphatic hydroxyl groups is 1. The van der Waals surface area contributed by atoms with Crippen molar-refractivity contribution in [3.63, 3.8) is 0 Å². The van der Waals surface area contributed by atoms with Crippen LogP contribution in [0.1, 0.15) is 24.0 Å². The molecule has 0 amide bonds. The zero-order chi connectivity index (χ0) is 17.4. The van der Waals surface area contributed by atoms with Crippen LogP contribution in [0.5, 0.6) is 0 Å². The lowest BCUT2D eigenvalue weighted by Gasteiger charge is -2.11. The quantitative estimate of drug-likeness (QED) is 0.719. The van der Waals surface area contributed by atoms with Gasteiger partial charge in [0.1, 0.15) is 0 Å². The van der Waals surface area contributed by atoms with E-state index in [0.29, 0.717) is 30.0 Å². The summed E-state index contributed by atoms with van der Waals surface area (Å²) in [6.07, 6.45) is 2.19. The first-order valence-electron chi connectivity index (χ1n) is 8.00. The van der Waals surface area contributed by atoms with E-state index in [1.807, 2.05) is 48.5 Å². The third kappa shape index (κ3) is 5.93. The Morgan fingerprint density at radius 3 is 2.42 bits per heavy atom. The number of aliphatic hydroxyl groups excluding tert-OH is 1. The van der Waals surface area contributed by atoms with E-state index in [0.717, 1.165) is 11.1 Å². The maximum absolute atomic E-state index is 12.6. The number of ketones is 1. The molecule has 4 heteroatoms. The monoisotopic (exact) mass is 343 g/mol. The molecule has 3 N–H and O–H groups in total. The second-order valence-corrected chi connectivity index (χ2v) is 6.18. The normalized spacial score (nSPS) is 12.9. The summed E-state index contributed by atoms with van der Waals surface area (Å²) in [5.41, 5.74) is 8.07. The van der Waals surface area contributed by atoms with Gasteiger partial charge in [0.2, 0.25) is 0 Å². The van der Waals surface area contributed by atoms with Crippen molar-refractivity contribution in [2.75, 3.05) is 6.54 Å². The van der Waals surface area contributed by atoms with Crippen LogP contribution in [0, 0.1) is 0 Å². The number of hydrogen-bond donors (Lipinski definition) is 2. The summed E-state index contributed by atoms with van der Waals surface area (Å²) in [6.45, 7) is 0.364. The van der Waals surface area contributed by atoms with Gasteiger partial charge < -0.3 is 10.8 Å². The lowest BCUT2D eigenvalue weighted by atomic mass is 9.95. The lowest BCUT2D eigenvalue weighted by Crippen LogP contribution is -2.19. The molecular formula is C20H22ClNO2. The molecule has 0 aliphatic heterocycles. The maximum Gasteiger partial charge on any atom is 0.161 e. The van der Waals surface area contributed by atoms with Crippen LogP contribution in [0.4, 0.5) is 0 Å². The van der Waals surface area contributed by atoms with Gasteiger partial charge in [-0.2, -0.15) is 0 Å². The highest BCUT2D eigenvalue weighted by molar-refractivity contribution is 6.30. The van der Waals surface area contributed by atoms with E-state index in [1.165, 1.54) is 0 Å². The Kier molecular flexibility index (Phi) is 7.19. The highest BCUT2D eigenvalue weighted by Gasteiger charge is 2.15. The number of halogens is 1. The van der Waals surface area contributed by atoms with Crippen LogP contribution in [0.2, 0.25) is 5.02 Å². The van der Waals surface area contributed by atoms with Gasteiger partial charge in [-0.05, 0) is 42.3 Å². The first-order chi connectivity index (χ1) is 11.6. The highest BCUT2D eigenvalue weighted by Crippen LogP contribution is 2.18. The highest BCUT2D eigenvalue weighted by atomic mass is 35.5. The van der Waals surface area contributed by atoms with Crippen molar-refractivity contribution < 1.29 is 9.90 Å². The molecule has 2 aromatic carbocycles. The fraction of sp³-hybridized carbons (Fsp3) is 0.250. The first-order valence-corrected chi connectivity index (χ1v) is 8.37. The summed E-state index contributed by atoms with van der Waals surface area (Å²) in [7, 11) is 0. The first kappa shape index (κ1) is 18.4. The SMILES string of the molecule is NCCC(O)CC(=O)C(=Cc1ccc(Cl)cc1)Cc1ccccc1. The number of carbonyl (C=O) groups excluding carboxylic acids is 1. The molecule has 0 saturated carbocycles. The molecule has 0 fully saturated rings. The zero-order valence-electron chi connectivity index (χ0n) is 13.5. The van der Waals surface area contributed by atoms with Gasteiger partial charge in [0.15, 0.2) is 5.78 Å². The van der Waals surface area contributed by atoms with Gasteiger partial charge in [0.25, 0.3) is 0 Å². The summed E-state index contributed by atoms with van der Waals surface area (Å²) in [4.78, 5) is 12.6. The van der Waals surface area contributed by atoms with Crippen LogP contribution >= 0.6 is 11.6 Å². The summed E-state index contributed by atoms with van der Waals surface area (Å²) in [6, 6.07) is 17.1. The maximum atomic E-state index is 12.6. The van der Waals surface area contributed by atoms with Crippen molar-refractivity contribution >= 4 is 23.5 Å². The molecular weight excluding hydrogens is 322 g/mol. The average Bonchev–Trinajstić information content (AvgIpc) is 2.57. The van der Waals surface area contributed by atoms with Gasteiger partial charge in [-0.25, -0.2) is 0 Å². The lowest BCUT2D eigenvalue weighted by molar-refractivity contribution is -0.117. The van der Waals surface area contributed by atoms with Crippen molar-refractivity contribution in [3.8, 4) is 0 Å². The Morgan fingerprint density at radius 1 is 1.12 bits per heavy atom. The fourth-order valence-electron chi connectivity index (χ4n) is 2.45. The van der Waals surface area contributed by atoms with Crippen molar-refractivity contribution in [1.29, 1.82) is 0 Å². The molecule has 0 bridgehead atoms. The number of carbonyl (C=O) groups is 1. The molecule has 0 aliphatic rings. The smallest absolute Gasteiger partial charge is 0.161 e. The van der Waals surface area contributed by atoms with E-state index in [9.17, 15) is 9.90 Å². The minimum atomic E-state index is -0.702. The average molecular weight is 344 g/mol. The van der Waals surface area contributed by atoms with Gasteiger partial charge in [-0.15, -0.1) is 0 Å². The van der Waals surface area contributed by atoms with Crippen LogP contribution in [-0.2, 0) is 11.2 Å². The Hall–Kier alpha value is -1.94. The molecule has 2 aromatic rings. The summed E-state index contributed by atoms with van der Waals surface area (Å²) < 4.78 is 0. The van der Waals surface area contributed by atoms with E-state index in [4.69, 9.17) is 17.3 Å². The van der Waals surface area contributed by atoms with E-state index < -0.39 is 6.10 Å². The van der Waals surface area contributed by atoms with Gasteiger partial charge in [0.05, 0.1) is 6.10 Å². The zero-order valence-corrected chi connectivity index (χ0v) is 14.2. The molecule has 0 radical (unpaired) electrons. The molecule has 0 aromatic heterocycles. The van der Waals surface area contributed by atoms with Crippen molar-refractivity contribution in [2.45, 2.75) is 25.4 Å². The minimum Gasteiger partial charge on any atom is -0.393 e. The third-order valence-corrected chi connectivity index (χ3v) is 3.98. The van der Waals surface area contributed by atoms with Crippen LogP contribution in [0.25, 0.3) is 6.08 Å². The molecule has 0 aliphatic carbocycles. The van der Waals surface area contributed by atoms with Crippen molar-refractivity contribution in [2.24, 2.45) is 5.73 Å². The Morgan fingerprint density at radius 2 is 1.79 bits per heavy atom. The standard InChI is InChI=1S/C20H22ClNO2/c21-18-8-6-16(7-9-18)13-17(12-15-4-2-1-3-5-15)20(24)14-19(23)10-11-22/h1-9,13,19,23H,10-12,14,22H2. The molecule has 0 saturated heterocycles. The summed E-state index contributed by atoms with van der Waals surface area (Å²) in [5.74, 6) is -0.0604. The minimum absolute atomic E-state index is 0.0604. The number of Topliss-reactive ketones (excluding diaryl/α,β-unsaturated/α-hetero) is 1. The third-order valence-electron chi connectivity index (χ3n) is 3.73. The molecule has 0 spiro atoms. The van der Waals surface area contributed by atoms with Gasteiger partial charge in [-0.3, -0.25) is 4.79 Å². The van der Waals surface area contributed by atoms with Crippen LogP contribution in [-0.4, -0.2) is 23.5 Å². The Balaban J connectivity index is 2.23. The molecule has 24 heavy (non-hydrogen) atoms. The summed E-state index contributed by atoms with van der Waals surface area (Å²) in [5, 5.41) is 10.5. The molecule has 1 atom stereocenters. The molecule has 1 unspecified atom stereocenters. The number of nitrogens with two attached hydrogens (primary N) is 1. The molecule has 126 valence electrons. The molecule has 0 heterocycles. The predicted octanol–water partition coefficient (Wildman–Crippen LogP) is 3.64. The van der Waals surface area contributed by atoms with E-state index in [1.54, 1.807) is 12.1 Å². The van der Waals surface area contributed by atoms with Crippen molar-refractivity contribution in [1.82, 2.24) is 0 Å². The predicted molar refractivity (Wildman–Crippen MR) is 98.9 cm³/mol. The summed E-state index contributed by atoms with van der Waals surface area (Å²) >= 11 is 5.91. The van der Waals surface area contributed by atoms with Crippen LogP contribution in [0.15, 0.2) is 60.2 Å². The van der Waals surface area contributed by atoms with Crippen LogP contribution in [0.3, 0.4) is 0 Å². The number of rotatable bonds is 8. The Bertz CT molecular complexity index is 681. The molecule has 3 nitrogen and oxygen atoms in total. The second-order valence-electron chi connectivity index (χ2n) is 5.74. The van der Waals surface area contributed by atoms with E-state index in [2.05, 4.69) is 0 Å². The fourth-order valence-corrected chi connectivity index (χ4v) is 2.57. The largest absolute Gasteiger partial charge is 0.393 e. The number of allylic oxidation sites excluding steroid dienone is 1. The van der Waals surface area contributed by atoms with Gasteiger partial charge >= 0.3 is 0 Å². The van der Waals surface area contributed by atoms with Gasteiger partial charge in [-0.1, -0.05) is 54.1 Å². The topological polar surface area (TPSA) is 63.3 Å². The van der Waals surface area contributed by atoms with Gasteiger partial charge in [0, 0.05) is 23.4 Å². The van der Waals surface area contributed by atoms with Crippen LogP contribution < -0.4 is 5.73 Å². The second kappa shape index (κ2) is 9.38. The number of hydrogen-bond acceptors (Lipinski definition) is 3. The van der Waals surface area contributed by atoms with E-state index in [-0.39, 0.29) is 12.2 Å². The molecule has 2 rings (SSSR count). The number of benzene rings is 2. The van der Waals surface area contributed by atoms with E-state index >= 15 is 0 Å².